The number of rotatable bonds is 5. The SMILES string of the molecule is CCc1nc(C)c(C(=O)Nc2nc(-c3ccc(C)c([N+](=O)[O-])c3)cs2)s1. The van der Waals surface area contributed by atoms with Crippen molar-refractivity contribution in [2.75, 3.05) is 5.32 Å². The van der Waals surface area contributed by atoms with Crippen molar-refractivity contribution >= 4 is 39.4 Å². The zero-order chi connectivity index (χ0) is 18.8. The number of nitro groups is 1. The van der Waals surface area contributed by atoms with E-state index in [1.807, 2.05) is 13.8 Å². The van der Waals surface area contributed by atoms with Crippen LogP contribution >= 0.6 is 22.7 Å². The van der Waals surface area contributed by atoms with E-state index >= 15 is 0 Å². The summed E-state index contributed by atoms with van der Waals surface area (Å²) in [5.41, 5.74) is 2.57. The molecule has 1 N–H and O–H groups in total. The number of hydrogen-bond donors (Lipinski definition) is 1. The quantitative estimate of drug-likeness (QED) is 0.508. The van der Waals surface area contributed by atoms with Gasteiger partial charge in [-0.2, -0.15) is 0 Å². The van der Waals surface area contributed by atoms with E-state index in [4.69, 9.17) is 0 Å². The van der Waals surface area contributed by atoms with Crippen LogP contribution in [0, 0.1) is 24.0 Å². The molecular formula is C17H16N4O3S2. The molecule has 3 rings (SSSR count). The fraction of sp³-hybridized carbons (Fsp3) is 0.235. The molecule has 134 valence electrons. The Morgan fingerprint density at radius 3 is 2.73 bits per heavy atom. The molecule has 0 fully saturated rings. The van der Waals surface area contributed by atoms with E-state index in [1.165, 1.54) is 28.7 Å². The molecule has 3 aromatic rings. The average Bonchev–Trinajstić information content (AvgIpc) is 3.21. The summed E-state index contributed by atoms with van der Waals surface area (Å²) in [6.07, 6.45) is 0.784. The van der Waals surface area contributed by atoms with E-state index in [0.717, 1.165) is 11.4 Å². The van der Waals surface area contributed by atoms with E-state index < -0.39 is 4.92 Å². The van der Waals surface area contributed by atoms with Crippen LogP contribution in [0.4, 0.5) is 10.8 Å². The van der Waals surface area contributed by atoms with Crippen LogP contribution in [-0.4, -0.2) is 20.8 Å². The number of nitrogens with zero attached hydrogens (tertiary/aromatic N) is 3. The Morgan fingerprint density at radius 2 is 2.08 bits per heavy atom. The first-order chi connectivity index (χ1) is 12.4. The topological polar surface area (TPSA) is 98.0 Å². The van der Waals surface area contributed by atoms with Crippen LogP contribution in [0.15, 0.2) is 23.6 Å². The maximum Gasteiger partial charge on any atom is 0.272 e. The van der Waals surface area contributed by atoms with Gasteiger partial charge in [0.15, 0.2) is 5.13 Å². The monoisotopic (exact) mass is 388 g/mol. The number of thiazole rings is 2. The molecule has 1 amide bonds. The molecule has 1 aromatic carbocycles. The highest BCUT2D eigenvalue weighted by atomic mass is 32.1. The molecule has 26 heavy (non-hydrogen) atoms. The molecule has 0 atom stereocenters. The summed E-state index contributed by atoms with van der Waals surface area (Å²) < 4.78 is 0. The van der Waals surface area contributed by atoms with Gasteiger partial charge in [0.25, 0.3) is 11.6 Å². The van der Waals surface area contributed by atoms with Gasteiger partial charge in [0.1, 0.15) is 4.88 Å². The van der Waals surface area contributed by atoms with Crippen molar-refractivity contribution in [3.8, 4) is 11.3 Å². The highest BCUT2D eigenvalue weighted by Gasteiger charge is 2.17. The van der Waals surface area contributed by atoms with E-state index in [9.17, 15) is 14.9 Å². The minimum absolute atomic E-state index is 0.0495. The predicted molar refractivity (Wildman–Crippen MR) is 103 cm³/mol. The van der Waals surface area contributed by atoms with Crippen LogP contribution in [0.2, 0.25) is 0 Å². The maximum absolute atomic E-state index is 12.4. The van der Waals surface area contributed by atoms with Gasteiger partial charge in [-0.05, 0) is 20.3 Å². The molecule has 0 unspecified atom stereocenters. The van der Waals surface area contributed by atoms with Crippen molar-refractivity contribution in [2.24, 2.45) is 0 Å². The summed E-state index contributed by atoms with van der Waals surface area (Å²) in [6, 6.07) is 4.97. The third-order valence-corrected chi connectivity index (χ3v) is 5.83. The number of amides is 1. The number of nitro benzene ring substituents is 1. The second-order valence-corrected chi connectivity index (χ2v) is 7.57. The highest BCUT2D eigenvalue weighted by molar-refractivity contribution is 7.15. The predicted octanol–water partition coefficient (Wildman–Crippen LogP) is 4.61. The van der Waals surface area contributed by atoms with Crippen molar-refractivity contribution < 1.29 is 9.72 Å². The van der Waals surface area contributed by atoms with Gasteiger partial charge in [0.05, 0.1) is 21.3 Å². The highest BCUT2D eigenvalue weighted by Crippen LogP contribution is 2.30. The van der Waals surface area contributed by atoms with Crippen molar-refractivity contribution in [3.05, 3.63) is 54.8 Å². The number of carbonyl (C=O) groups is 1. The summed E-state index contributed by atoms with van der Waals surface area (Å²) in [5, 5.41) is 17.0. The minimum Gasteiger partial charge on any atom is -0.297 e. The van der Waals surface area contributed by atoms with Crippen molar-refractivity contribution in [2.45, 2.75) is 27.2 Å². The van der Waals surface area contributed by atoms with Crippen LogP contribution in [0.3, 0.4) is 0 Å². The molecule has 0 bridgehead atoms. The number of aryl methyl sites for hydroxylation is 3. The second-order valence-electron chi connectivity index (χ2n) is 5.63. The standard InChI is InChI=1S/C17H16N4O3S2/c1-4-14-18-10(3)15(26-14)16(22)20-17-19-12(8-25-17)11-6-5-9(2)13(7-11)21(23)24/h5-8H,4H2,1-3H3,(H,19,20,22). The molecule has 9 heteroatoms. The van der Waals surface area contributed by atoms with Gasteiger partial charge in [-0.3, -0.25) is 20.2 Å². The number of anilines is 1. The summed E-state index contributed by atoms with van der Waals surface area (Å²) in [4.78, 5) is 32.4. The van der Waals surface area contributed by atoms with Crippen LogP contribution in [-0.2, 0) is 6.42 Å². The molecular weight excluding hydrogens is 372 g/mol. The Bertz CT molecular complexity index is 994. The molecule has 2 heterocycles. The largest absolute Gasteiger partial charge is 0.297 e. The minimum atomic E-state index is -0.411. The molecule has 0 radical (unpaired) electrons. The number of aromatic nitrogens is 2. The second kappa shape index (κ2) is 7.30. The van der Waals surface area contributed by atoms with Gasteiger partial charge in [-0.25, -0.2) is 9.97 Å². The third-order valence-electron chi connectivity index (χ3n) is 3.78. The molecule has 0 aliphatic heterocycles. The lowest BCUT2D eigenvalue weighted by atomic mass is 10.1. The maximum atomic E-state index is 12.4. The number of carbonyl (C=O) groups excluding carboxylic acids is 1. The summed E-state index contributed by atoms with van der Waals surface area (Å²) in [6.45, 7) is 5.49. The van der Waals surface area contributed by atoms with E-state index in [1.54, 1.807) is 24.4 Å². The summed E-state index contributed by atoms with van der Waals surface area (Å²) in [7, 11) is 0. The van der Waals surface area contributed by atoms with Gasteiger partial charge in [-0.15, -0.1) is 22.7 Å². The van der Waals surface area contributed by atoms with Crippen LogP contribution in [0.5, 0.6) is 0 Å². The smallest absolute Gasteiger partial charge is 0.272 e. The van der Waals surface area contributed by atoms with Gasteiger partial charge < -0.3 is 0 Å². The molecule has 0 aliphatic carbocycles. The van der Waals surface area contributed by atoms with Crippen LogP contribution < -0.4 is 5.32 Å². The first-order valence-corrected chi connectivity index (χ1v) is 9.57. The Balaban J connectivity index is 1.82. The summed E-state index contributed by atoms with van der Waals surface area (Å²) >= 11 is 2.65. The lowest BCUT2D eigenvalue weighted by molar-refractivity contribution is -0.385. The number of hydrogen-bond acceptors (Lipinski definition) is 7. The Labute approximate surface area is 157 Å². The first-order valence-electron chi connectivity index (χ1n) is 7.87. The normalized spacial score (nSPS) is 10.7. The molecule has 0 spiro atoms. The summed E-state index contributed by atoms with van der Waals surface area (Å²) in [5.74, 6) is -0.240. The zero-order valence-corrected chi connectivity index (χ0v) is 16.0. The van der Waals surface area contributed by atoms with Gasteiger partial charge in [0, 0.05) is 22.6 Å². The van der Waals surface area contributed by atoms with Crippen molar-refractivity contribution in [1.82, 2.24) is 9.97 Å². The van der Waals surface area contributed by atoms with Crippen LogP contribution in [0.1, 0.15) is 32.9 Å². The van der Waals surface area contributed by atoms with Gasteiger partial charge in [-0.1, -0.05) is 19.1 Å². The molecule has 0 saturated heterocycles. The van der Waals surface area contributed by atoms with Crippen molar-refractivity contribution in [3.63, 3.8) is 0 Å². The van der Waals surface area contributed by atoms with Gasteiger partial charge in [0.2, 0.25) is 0 Å². The Morgan fingerprint density at radius 1 is 1.31 bits per heavy atom. The lowest BCUT2D eigenvalue weighted by Crippen LogP contribution is -2.11. The fourth-order valence-corrected chi connectivity index (χ4v) is 4.01. The average molecular weight is 388 g/mol. The molecule has 2 aromatic heterocycles. The van der Waals surface area contributed by atoms with E-state index in [0.29, 0.717) is 32.5 Å². The first kappa shape index (κ1) is 18.2. The zero-order valence-electron chi connectivity index (χ0n) is 14.4. The third kappa shape index (κ3) is 3.63. The molecule has 0 saturated carbocycles. The molecule has 0 aliphatic rings. The Kier molecular flexibility index (Phi) is 5.10. The Hall–Kier alpha value is -2.65. The van der Waals surface area contributed by atoms with Crippen LogP contribution in [0.25, 0.3) is 11.3 Å². The van der Waals surface area contributed by atoms with Gasteiger partial charge >= 0.3 is 0 Å². The van der Waals surface area contributed by atoms with Crippen molar-refractivity contribution in [1.29, 1.82) is 0 Å². The fourth-order valence-electron chi connectivity index (χ4n) is 2.40. The number of benzene rings is 1. The number of nitrogens with one attached hydrogen (secondary N) is 1. The lowest BCUT2D eigenvalue weighted by Gasteiger charge is -2.01. The van der Waals surface area contributed by atoms with E-state index in [-0.39, 0.29) is 11.6 Å². The molecule has 7 nitrogen and oxygen atoms in total. The van der Waals surface area contributed by atoms with E-state index in [2.05, 4.69) is 15.3 Å².